The molecule has 4 rings (SSSR count). The first-order valence-electron chi connectivity index (χ1n) is 7.64. The number of para-hydroxylation sites is 1. The minimum Gasteiger partial charge on any atom is -0.493 e. The molecule has 0 unspecified atom stereocenters. The van der Waals surface area contributed by atoms with Gasteiger partial charge in [0.15, 0.2) is 22.8 Å². The van der Waals surface area contributed by atoms with E-state index in [9.17, 15) is 4.79 Å². The van der Waals surface area contributed by atoms with Crippen LogP contribution in [0.25, 0.3) is 22.4 Å². The van der Waals surface area contributed by atoms with Gasteiger partial charge in [-0.3, -0.25) is 10.1 Å². The van der Waals surface area contributed by atoms with Crippen LogP contribution in [0.5, 0.6) is 5.75 Å². The van der Waals surface area contributed by atoms with E-state index < -0.39 is 0 Å². The molecule has 2 aromatic heterocycles. The number of hydrogen-bond acceptors (Lipinski definition) is 5. The van der Waals surface area contributed by atoms with Gasteiger partial charge in [-0.1, -0.05) is 35.5 Å². The van der Waals surface area contributed by atoms with Gasteiger partial charge in [-0.05, 0) is 24.3 Å². The first kappa shape index (κ1) is 15.0. The van der Waals surface area contributed by atoms with Crippen LogP contribution in [-0.2, 0) is 0 Å². The first-order chi connectivity index (χ1) is 12.2. The molecule has 2 heterocycles. The second kappa shape index (κ2) is 6.16. The van der Waals surface area contributed by atoms with E-state index in [1.165, 1.54) is 0 Å². The first-order valence-corrected chi connectivity index (χ1v) is 7.64. The third kappa shape index (κ3) is 2.85. The monoisotopic (exact) mass is 334 g/mol. The van der Waals surface area contributed by atoms with Crippen molar-refractivity contribution in [3.05, 3.63) is 66.2 Å². The minimum absolute atomic E-state index is 0.247. The maximum atomic E-state index is 12.1. The fourth-order valence-corrected chi connectivity index (χ4v) is 2.55. The summed E-state index contributed by atoms with van der Waals surface area (Å²) < 4.78 is 16.3. The topological polar surface area (TPSA) is 77.5 Å². The van der Waals surface area contributed by atoms with Gasteiger partial charge in [0.05, 0.1) is 7.11 Å². The Kier molecular flexibility index (Phi) is 3.70. The molecule has 0 fully saturated rings. The normalized spacial score (nSPS) is 10.8. The fraction of sp³-hybridized carbons (Fsp3) is 0.0526. The number of carbonyl (C=O) groups is 1. The third-order valence-electron chi connectivity index (χ3n) is 3.76. The highest BCUT2D eigenvalue weighted by atomic mass is 16.5. The molecule has 0 bridgehead atoms. The minimum atomic E-state index is -0.269. The van der Waals surface area contributed by atoms with Gasteiger partial charge >= 0.3 is 0 Å². The second-order valence-electron chi connectivity index (χ2n) is 5.39. The van der Waals surface area contributed by atoms with Gasteiger partial charge in [-0.25, -0.2) is 0 Å². The van der Waals surface area contributed by atoms with Crippen molar-refractivity contribution >= 4 is 22.8 Å². The molecule has 0 atom stereocenters. The molecular weight excluding hydrogens is 320 g/mol. The van der Waals surface area contributed by atoms with Gasteiger partial charge in [0.25, 0.3) is 5.91 Å². The number of furan rings is 1. The Morgan fingerprint density at radius 3 is 2.72 bits per heavy atom. The fourth-order valence-electron chi connectivity index (χ4n) is 2.55. The van der Waals surface area contributed by atoms with Crippen LogP contribution >= 0.6 is 0 Å². The van der Waals surface area contributed by atoms with Crippen molar-refractivity contribution in [2.24, 2.45) is 0 Å². The average molecular weight is 334 g/mol. The zero-order valence-electron chi connectivity index (χ0n) is 13.4. The molecular formula is C19H14N2O4. The number of nitrogens with one attached hydrogen (secondary N) is 1. The predicted molar refractivity (Wildman–Crippen MR) is 92.7 cm³/mol. The van der Waals surface area contributed by atoms with Crippen molar-refractivity contribution in [1.82, 2.24) is 5.16 Å². The maximum Gasteiger partial charge on any atom is 0.258 e. The van der Waals surface area contributed by atoms with Crippen LogP contribution in [0.2, 0.25) is 0 Å². The summed E-state index contributed by atoms with van der Waals surface area (Å²) in [6.45, 7) is 0. The van der Waals surface area contributed by atoms with E-state index in [1.54, 1.807) is 37.4 Å². The van der Waals surface area contributed by atoms with Crippen molar-refractivity contribution in [2.75, 3.05) is 12.4 Å². The van der Waals surface area contributed by atoms with E-state index in [0.29, 0.717) is 28.4 Å². The molecule has 0 radical (unpaired) electrons. The molecule has 1 amide bonds. The molecule has 6 nitrogen and oxygen atoms in total. The van der Waals surface area contributed by atoms with Crippen LogP contribution in [0, 0.1) is 0 Å². The number of ether oxygens (including phenoxy) is 1. The van der Waals surface area contributed by atoms with Crippen LogP contribution in [-0.4, -0.2) is 18.2 Å². The molecule has 1 N–H and O–H groups in total. The number of hydrogen-bond donors (Lipinski definition) is 1. The smallest absolute Gasteiger partial charge is 0.258 e. The summed E-state index contributed by atoms with van der Waals surface area (Å²) in [7, 11) is 1.59. The van der Waals surface area contributed by atoms with Crippen molar-refractivity contribution in [3.8, 4) is 17.2 Å². The highest BCUT2D eigenvalue weighted by Crippen LogP contribution is 2.33. The summed E-state index contributed by atoms with van der Waals surface area (Å²) in [5, 5.41) is 7.53. The van der Waals surface area contributed by atoms with E-state index >= 15 is 0 Å². The Hall–Kier alpha value is -3.54. The number of amides is 1. The Labute approximate surface area is 143 Å². The number of nitrogens with zero attached hydrogens (tertiary/aromatic N) is 1. The molecule has 0 saturated heterocycles. The lowest BCUT2D eigenvalue weighted by molar-refractivity contribution is 0.102. The summed E-state index contributed by atoms with van der Waals surface area (Å²) in [5.41, 5.74) is 1.66. The zero-order chi connectivity index (χ0) is 17.2. The Bertz CT molecular complexity index is 1030. The number of rotatable bonds is 4. The molecule has 0 aliphatic rings. The summed E-state index contributed by atoms with van der Waals surface area (Å²) >= 11 is 0. The quantitative estimate of drug-likeness (QED) is 0.600. The van der Waals surface area contributed by atoms with Crippen molar-refractivity contribution in [1.29, 1.82) is 0 Å². The Morgan fingerprint density at radius 2 is 1.92 bits per heavy atom. The number of aromatic nitrogens is 1. The summed E-state index contributed by atoms with van der Waals surface area (Å²) in [4.78, 5) is 12.1. The zero-order valence-corrected chi connectivity index (χ0v) is 13.4. The number of methoxy groups -OCH3 is 1. The van der Waals surface area contributed by atoms with Crippen molar-refractivity contribution in [2.45, 2.75) is 0 Å². The number of anilines is 1. The third-order valence-corrected chi connectivity index (χ3v) is 3.76. The molecule has 25 heavy (non-hydrogen) atoms. The number of fused-ring (bicyclic) bond motifs is 1. The van der Waals surface area contributed by atoms with E-state index in [0.717, 1.165) is 5.39 Å². The lowest BCUT2D eigenvalue weighted by Gasteiger charge is -1.99. The molecule has 124 valence electrons. The predicted octanol–water partition coefficient (Wildman–Crippen LogP) is 4.35. The van der Waals surface area contributed by atoms with Gasteiger partial charge in [0.2, 0.25) is 5.88 Å². The SMILES string of the molecule is COc1cccc2cc(-c3cc(NC(=O)c4ccccc4)on3)oc12. The number of benzene rings is 2. The largest absolute Gasteiger partial charge is 0.493 e. The van der Waals surface area contributed by atoms with E-state index in [4.69, 9.17) is 13.7 Å². The Morgan fingerprint density at radius 1 is 1.08 bits per heavy atom. The molecule has 0 aliphatic carbocycles. The molecule has 2 aromatic carbocycles. The molecule has 0 saturated carbocycles. The molecule has 0 aliphatic heterocycles. The van der Waals surface area contributed by atoms with Gasteiger partial charge < -0.3 is 13.7 Å². The number of carbonyl (C=O) groups excluding carboxylic acids is 1. The van der Waals surface area contributed by atoms with Crippen molar-refractivity contribution in [3.63, 3.8) is 0 Å². The lowest BCUT2D eigenvalue weighted by Crippen LogP contribution is -2.10. The van der Waals surface area contributed by atoms with Crippen LogP contribution < -0.4 is 10.1 Å². The summed E-state index contributed by atoms with van der Waals surface area (Å²) in [6, 6.07) is 18.0. The maximum absolute atomic E-state index is 12.1. The second-order valence-corrected chi connectivity index (χ2v) is 5.39. The van der Waals surface area contributed by atoms with Crippen LogP contribution in [0.3, 0.4) is 0 Å². The molecule has 0 spiro atoms. The highest BCUT2D eigenvalue weighted by molar-refractivity contribution is 6.03. The highest BCUT2D eigenvalue weighted by Gasteiger charge is 2.15. The van der Waals surface area contributed by atoms with Crippen LogP contribution in [0.15, 0.2) is 69.6 Å². The van der Waals surface area contributed by atoms with Gasteiger partial charge in [-0.15, -0.1) is 0 Å². The molecule has 6 heteroatoms. The summed E-state index contributed by atoms with van der Waals surface area (Å²) in [5.74, 6) is 1.15. The Balaban J connectivity index is 1.60. The summed E-state index contributed by atoms with van der Waals surface area (Å²) in [6.07, 6.45) is 0. The van der Waals surface area contributed by atoms with Crippen molar-refractivity contribution < 1.29 is 18.5 Å². The molecule has 4 aromatic rings. The standard InChI is InChI=1S/C19H14N2O4/c1-23-15-9-5-8-13-10-16(24-18(13)15)14-11-17(25-21-14)20-19(22)12-6-3-2-4-7-12/h2-11H,1H3,(H,20,22). The van der Waals surface area contributed by atoms with E-state index in [-0.39, 0.29) is 11.8 Å². The van der Waals surface area contributed by atoms with Gasteiger partial charge in [-0.2, -0.15) is 0 Å². The van der Waals surface area contributed by atoms with Crippen LogP contribution in [0.4, 0.5) is 5.88 Å². The van der Waals surface area contributed by atoms with Gasteiger partial charge in [0, 0.05) is 17.0 Å². The van der Waals surface area contributed by atoms with Crippen LogP contribution in [0.1, 0.15) is 10.4 Å². The van der Waals surface area contributed by atoms with E-state index in [1.807, 2.05) is 30.3 Å². The van der Waals surface area contributed by atoms with Gasteiger partial charge in [0.1, 0.15) is 0 Å². The lowest BCUT2D eigenvalue weighted by atomic mass is 10.2. The van der Waals surface area contributed by atoms with E-state index in [2.05, 4.69) is 10.5 Å². The average Bonchev–Trinajstić information content (AvgIpc) is 3.28.